The van der Waals surface area contributed by atoms with Crippen molar-refractivity contribution in [1.29, 1.82) is 0 Å². The number of H-pyrrole nitrogens is 1. The van der Waals surface area contributed by atoms with Gasteiger partial charge in [-0.3, -0.25) is 4.79 Å². The monoisotopic (exact) mass is 353 g/mol. The number of pyridine rings is 1. The van der Waals surface area contributed by atoms with E-state index in [1.807, 2.05) is 35.7 Å². The van der Waals surface area contributed by atoms with Crippen LogP contribution in [0.1, 0.15) is 18.1 Å². The van der Waals surface area contributed by atoms with Crippen LogP contribution in [0.15, 0.2) is 46.6 Å². The van der Waals surface area contributed by atoms with E-state index in [0.717, 1.165) is 17.5 Å². The molecule has 0 saturated heterocycles. The molecule has 0 aliphatic heterocycles. The Bertz CT molecular complexity index is 1140. The van der Waals surface area contributed by atoms with Crippen molar-refractivity contribution in [2.45, 2.75) is 20.0 Å². The zero-order valence-corrected chi connectivity index (χ0v) is 14.4. The van der Waals surface area contributed by atoms with E-state index in [1.165, 1.54) is 23.0 Å². The van der Waals surface area contributed by atoms with Crippen LogP contribution in [0.3, 0.4) is 0 Å². The fourth-order valence-electron chi connectivity index (χ4n) is 3.31. The summed E-state index contributed by atoms with van der Waals surface area (Å²) in [6, 6.07) is 11.2. The summed E-state index contributed by atoms with van der Waals surface area (Å²) < 4.78 is 15.1. The third kappa shape index (κ3) is 2.47. The minimum absolute atomic E-state index is 0.183. The highest BCUT2D eigenvalue weighted by Gasteiger charge is 2.18. The molecule has 2 heterocycles. The molecule has 0 aliphatic carbocycles. The molecule has 3 nitrogen and oxygen atoms in total. The molecule has 0 aliphatic rings. The zero-order chi connectivity index (χ0) is 17.6. The largest absolute Gasteiger partial charge is 0.392 e. The standard InChI is InChI=1S/C20H16FNO2S/c1-2-11-3-5-12(6-4-11)16-13(10-23)9-15(21)18-17(16)14-7-8-25-19(14)20(24)22-18/h3-9,23H,2,10H2,1H3,(H,22,24). The molecule has 0 atom stereocenters. The topological polar surface area (TPSA) is 53.1 Å². The van der Waals surface area contributed by atoms with Crippen molar-refractivity contribution in [3.8, 4) is 11.1 Å². The van der Waals surface area contributed by atoms with Gasteiger partial charge >= 0.3 is 0 Å². The van der Waals surface area contributed by atoms with Gasteiger partial charge in [-0.2, -0.15) is 0 Å². The van der Waals surface area contributed by atoms with Gasteiger partial charge in [-0.1, -0.05) is 31.2 Å². The van der Waals surface area contributed by atoms with Gasteiger partial charge in [0.05, 0.1) is 12.1 Å². The number of nitrogens with one attached hydrogen (secondary N) is 1. The molecule has 0 amide bonds. The van der Waals surface area contributed by atoms with E-state index in [1.54, 1.807) is 0 Å². The molecule has 2 aromatic carbocycles. The van der Waals surface area contributed by atoms with Crippen molar-refractivity contribution < 1.29 is 9.50 Å². The smallest absolute Gasteiger partial charge is 0.266 e. The van der Waals surface area contributed by atoms with Crippen molar-refractivity contribution in [1.82, 2.24) is 4.98 Å². The summed E-state index contributed by atoms with van der Waals surface area (Å²) in [4.78, 5) is 14.9. The molecular formula is C20H16FNO2S. The number of halogens is 1. The van der Waals surface area contributed by atoms with Crippen molar-refractivity contribution in [3.05, 3.63) is 69.1 Å². The molecular weight excluding hydrogens is 337 g/mol. The van der Waals surface area contributed by atoms with E-state index in [4.69, 9.17) is 0 Å². The van der Waals surface area contributed by atoms with Crippen LogP contribution in [-0.2, 0) is 13.0 Å². The molecule has 5 heteroatoms. The fraction of sp³-hybridized carbons (Fsp3) is 0.150. The normalized spacial score (nSPS) is 11.5. The van der Waals surface area contributed by atoms with Gasteiger partial charge in [-0.15, -0.1) is 11.3 Å². The van der Waals surface area contributed by atoms with Gasteiger partial charge < -0.3 is 10.1 Å². The second-order valence-corrected chi connectivity index (χ2v) is 6.88. The van der Waals surface area contributed by atoms with E-state index < -0.39 is 5.82 Å². The number of aliphatic hydroxyl groups is 1. The molecule has 0 saturated carbocycles. The molecule has 0 spiro atoms. The molecule has 25 heavy (non-hydrogen) atoms. The van der Waals surface area contributed by atoms with Crippen molar-refractivity contribution in [3.63, 3.8) is 0 Å². The Kier molecular flexibility index (Phi) is 3.90. The lowest BCUT2D eigenvalue weighted by Crippen LogP contribution is -2.07. The van der Waals surface area contributed by atoms with Gasteiger partial charge in [0.2, 0.25) is 0 Å². The average Bonchev–Trinajstić information content (AvgIpc) is 3.13. The predicted octanol–water partition coefficient (Wildman–Crippen LogP) is 4.60. The predicted molar refractivity (Wildman–Crippen MR) is 101 cm³/mol. The quantitative estimate of drug-likeness (QED) is 0.565. The zero-order valence-electron chi connectivity index (χ0n) is 13.6. The number of benzene rings is 2. The summed E-state index contributed by atoms with van der Waals surface area (Å²) >= 11 is 1.33. The van der Waals surface area contributed by atoms with Crippen LogP contribution in [0.25, 0.3) is 32.1 Å². The fourth-order valence-corrected chi connectivity index (χ4v) is 4.10. The number of aromatic nitrogens is 1. The van der Waals surface area contributed by atoms with Crippen molar-refractivity contribution in [2.24, 2.45) is 0 Å². The van der Waals surface area contributed by atoms with Crippen LogP contribution < -0.4 is 5.56 Å². The Morgan fingerprint density at radius 3 is 2.64 bits per heavy atom. The number of aromatic amines is 1. The number of hydrogen-bond acceptors (Lipinski definition) is 3. The van der Waals surface area contributed by atoms with Crippen LogP contribution in [0, 0.1) is 5.82 Å². The second-order valence-electron chi connectivity index (χ2n) is 5.97. The number of hydrogen-bond donors (Lipinski definition) is 2. The number of aliphatic hydroxyl groups excluding tert-OH is 1. The molecule has 4 aromatic rings. The first kappa shape index (κ1) is 16.0. The van der Waals surface area contributed by atoms with Gasteiger partial charge in [0.25, 0.3) is 5.56 Å². The highest BCUT2D eigenvalue weighted by Crippen LogP contribution is 2.37. The summed E-state index contributed by atoms with van der Waals surface area (Å²) in [5.74, 6) is -0.529. The van der Waals surface area contributed by atoms with Gasteiger partial charge in [0.15, 0.2) is 0 Å². The van der Waals surface area contributed by atoms with Crippen LogP contribution >= 0.6 is 11.3 Å². The summed E-state index contributed by atoms with van der Waals surface area (Å²) in [7, 11) is 0. The maximum absolute atomic E-state index is 14.6. The van der Waals surface area contributed by atoms with Crippen molar-refractivity contribution >= 4 is 32.3 Å². The van der Waals surface area contributed by atoms with Gasteiger partial charge in [0.1, 0.15) is 10.5 Å². The molecule has 0 radical (unpaired) electrons. The minimum atomic E-state index is -0.529. The van der Waals surface area contributed by atoms with Crippen LogP contribution in [0.4, 0.5) is 4.39 Å². The highest BCUT2D eigenvalue weighted by atomic mass is 32.1. The number of fused-ring (bicyclic) bond motifs is 3. The summed E-state index contributed by atoms with van der Waals surface area (Å²) in [6.07, 6.45) is 0.930. The Morgan fingerprint density at radius 1 is 1.20 bits per heavy atom. The van der Waals surface area contributed by atoms with Crippen molar-refractivity contribution in [2.75, 3.05) is 0 Å². The second kappa shape index (κ2) is 6.10. The van der Waals surface area contributed by atoms with Gasteiger partial charge in [-0.25, -0.2) is 4.39 Å². The third-order valence-electron chi connectivity index (χ3n) is 4.56. The maximum atomic E-state index is 14.6. The lowest BCUT2D eigenvalue weighted by Gasteiger charge is -2.14. The van der Waals surface area contributed by atoms with E-state index >= 15 is 0 Å². The number of rotatable bonds is 3. The molecule has 0 bridgehead atoms. The lowest BCUT2D eigenvalue weighted by molar-refractivity contribution is 0.282. The van der Waals surface area contributed by atoms with Crippen LogP contribution in [0.2, 0.25) is 0 Å². The molecule has 0 fully saturated rings. The molecule has 2 N–H and O–H groups in total. The van der Waals surface area contributed by atoms with Gasteiger partial charge in [-0.05, 0) is 46.2 Å². The first-order valence-electron chi connectivity index (χ1n) is 8.08. The average molecular weight is 353 g/mol. The Morgan fingerprint density at radius 2 is 1.96 bits per heavy atom. The lowest BCUT2D eigenvalue weighted by atomic mass is 9.92. The van der Waals surface area contributed by atoms with E-state index in [-0.39, 0.29) is 17.7 Å². The molecule has 4 rings (SSSR count). The summed E-state index contributed by atoms with van der Waals surface area (Å²) in [6.45, 7) is 1.81. The molecule has 2 aromatic heterocycles. The van der Waals surface area contributed by atoms with E-state index in [0.29, 0.717) is 21.0 Å². The third-order valence-corrected chi connectivity index (χ3v) is 5.47. The van der Waals surface area contributed by atoms with Gasteiger partial charge in [0, 0.05) is 10.8 Å². The van der Waals surface area contributed by atoms with E-state index in [2.05, 4.69) is 11.9 Å². The SMILES string of the molecule is CCc1ccc(-c2c(CO)cc(F)c3[nH]c(=O)c4sccc4c23)cc1. The molecule has 0 unspecified atom stereocenters. The first-order valence-corrected chi connectivity index (χ1v) is 8.96. The summed E-state index contributed by atoms with van der Waals surface area (Å²) in [5.41, 5.74) is 3.26. The maximum Gasteiger partial charge on any atom is 0.266 e. The van der Waals surface area contributed by atoms with Crippen LogP contribution in [0.5, 0.6) is 0 Å². The molecule has 126 valence electrons. The highest BCUT2D eigenvalue weighted by molar-refractivity contribution is 7.17. The van der Waals surface area contributed by atoms with E-state index in [9.17, 15) is 14.3 Å². The Hall–Kier alpha value is -2.50. The first-order chi connectivity index (χ1) is 12.1. The Labute approximate surface area is 147 Å². The Balaban J connectivity index is 2.19. The van der Waals surface area contributed by atoms with Crippen LogP contribution in [-0.4, -0.2) is 10.1 Å². The number of aryl methyl sites for hydroxylation is 1. The number of thiophene rings is 1. The minimum Gasteiger partial charge on any atom is -0.392 e. The summed E-state index contributed by atoms with van der Waals surface area (Å²) in [5, 5.41) is 13.0.